The van der Waals surface area contributed by atoms with Gasteiger partial charge in [-0.1, -0.05) is 30.3 Å². The molecule has 0 radical (unpaired) electrons. The van der Waals surface area contributed by atoms with Crippen molar-refractivity contribution in [1.82, 2.24) is 9.78 Å². The zero-order chi connectivity index (χ0) is 18.0. The highest BCUT2D eigenvalue weighted by Gasteiger charge is 2.22. The number of rotatable bonds is 5. The molecule has 130 valence electrons. The molecule has 8 heteroatoms. The summed E-state index contributed by atoms with van der Waals surface area (Å²) in [6.45, 7) is 1.93. The topological polar surface area (TPSA) is 64.0 Å². The van der Waals surface area contributed by atoms with Gasteiger partial charge in [0.2, 0.25) is 0 Å². The van der Waals surface area contributed by atoms with Crippen LogP contribution in [0.2, 0.25) is 0 Å². The SMILES string of the molecule is Cc1nn(Cc2ccccc2)cc1S(=O)(=O)Nc1cc(F)ccc1F. The van der Waals surface area contributed by atoms with E-state index in [0.717, 1.165) is 23.8 Å². The van der Waals surface area contributed by atoms with E-state index in [1.54, 1.807) is 0 Å². The molecule has 0 amide bonds. The first-order valence-corrected chi connectivity index (χ1v) is 8.89. The van der Waals surface area contributed by atoms with Gasteiger partial charge < -0.3 is 0 Å². The van der Waals surface area contributed by atoms with Gasteiger partial charge in [0.15, 0.2) is 0 Å². The van der Waals surface area contributed by atoms with E-state index in [1.165, 1.54) is 17.8 Å². The van der Waals surface area contributed by atoms with Crippen molar-refractivity contribution in [3.63, 3.8) is 0 Å². The lowest BCUT2D eigenvalue weighted by Crippen LogP contribution is -2.14. The predicted octanol–water partition coefficient (Wildman–Crippen LogP) is 3.32. The Morgan fingerprint density at radius 3 is 2.56 bits per heavy atom. The standard InChI is InChI=1S/C17H15F2N3O2S/c1-12-17(11-22(20-12)10-13-5-3-2-4-6-13)25(23,24)21-16-9-14(18)7-8-15(16)19/h2-9,11,21H,10H2,1H3. The maximum absolute atomic E-state index is 13.7. The minimum atomic E-state index is -4.09. The lowest BCUT2D eigenvalue weighted by atomic mass is 10.2. The first-order valence-electron chi connectivity index (χ1n) is 7.41. The predicted molar refractivity (Wildman–Crippen MR) is 89.7 cm³/mol. The number of nitrogens with zero attached hydrogens (tertiary/aromatic N) is 2. The van der Waals surface area contributed by atoms with Crippen LogP contribution in [0, 0.1) is 18.6 Å². The van der Waals surface area contributed by atoms with E-state index in [4.69, 9.17) is 0 Å². The molecule has 0 aliphatic heterocycles. The van der Waals surface area contributed by atoms with Crippen LogP contribution in [0.5, 0.6) is 0 Å². The number of nitrogens with one attached hydrogen (secondary N) is 1. The summed E-state index contributed by atoms with van der Waals surface area (Å²) in [5.74, 6) is -1.60. The van der Waals surface area contributed by atoms with Crippen LogP contribution in [0.4, 0.5) is 14.5 Å². The van der Waals surface area contributed by atoms with Crippen molar-refractivity contribution >= 4 is 15.7 Å². The zero-order valence-electron chi connectivity index (χ0n) is 13.3. The highest BCUT2D eigenvalue weighted by atomic mass is 32.2. The molecule has 0 fully saturated rings. The third-order valence-electron chi connectivity index (χ3n) is 3.55. The number of aromatic nitrogens is 2. The van der Waals surface area contributed by atoms with Gasteiger partial charge in [0, 0.05) is 12.3 Å². The smallest absolute Gasteiger partial charge is 0.265 e. The zero-order valence-corrected chi connectivity index (χ0v) is 14.1. The number of anilines is 1. The molecule has 1 heterocycles. The molecular weight excluding hydrogens is 348 g/mol. The minimum absolute atomic E-state index is 0.0907. The summed E-state index contributed by atoms with van der Waals surface area (Å²) in [7, 11) is -4.09. The Morgan fingerprint density at radius 1 is 1.12 bits per heavy atom. The second kappa shape index (κ2) is 6.64. The fourth-order valence-corrected chi connectivity index (χ4v) is 3.64. The number of aryl methyl sites for hydroxylation is 1. The highest BCUT2D eigenvalue weighted by Crippen LogP contribution is 2.22. The molecule has 0 saturated heterocycles. The monoisotopic (exact) mass is 363 g/mol. The van der Waals surface area contributed by atoms with Crippen LogP contribution >= 0.6 is 0 Å². The minimum Gasteiger partial charge on any atom is -0.276 e. The van der Waals surface area contributed by atoms with Crippen LogP contribution in [0.3, 0.4) is 0 Å². The first kappa shape index (κ1) is 17.1. The summed E-state index contributed by atoms with van der Waals surface area (Å²) in [4.78, 5) is -0.0907. The Morgan fingerprint density at radius 2 is 1.84 bits per heavy atom. The van der Waals surface area contributed by atoms with Gasteiger partial charge >= 0.3 is 0 Å². The van der Waals surface area contributed by atoms with E-state index in [-0.39, 0.29) is 10.6 Å². The van der Waals surface area contributed by atoms with Gasteiger partial charge in [0.05, 0.1) is 17.9 Å². The summed E-state index contributed by atoms with van der Waals surface area (Å²) in [6.07, 6.45) is 1.36. The average molecular weight is 363 g/mol. The van der Waals surface area contributed by atoms with E-state index in [9.17, 15) is 17.2 Å². The van der Waals surface area contributed by atoms with Gasteiger partial charge in [0.25, 0.3) is 10.0 Å². The van der Waals surface area contributed by atoms with Gasteiger partial charge in [-0.3, -0.25) is 9.40 Å². The molecule has 0 aliphatic carbocycles. The second-order valence-electron chi connectivity index (χ2n) is 5.49. The third-order valence-corrected chi connectivity index (χ3v) is 5.02. The molecule has 2 aromatic carbocycles. The number of sulfonamides is 1. The van der Waals surface area contributed by atoms with Gasteiger partial charge in [-0.2, -0.15) is 5.10 Å². The molecule has 5 nitrogen and oxygen atoms in total. The van der Waals surface area contributed by atoms with E-state index in [1.807, 2.05) is 30.3 Å². The molecule has 1 aromatic heterocycles. The molecule has 0 unspecified atom stereocenters. The van der Waals surface area contributed by atoms with E-state index >= 15 is 0 Å². The fourth-order valence-electron chi connectivity index (χ4n) is 2.39. The van der Waals surface area contributed by atoms with Crippen molar-refractivity contribution in [3.05, 3.63) is 77.6 Å². The van der Waals surface area contributed by atoms with Crippen molar-refractivity contribution < 1.29 is 17.2 Å². The fraction of sp³-hybridized carbons (Fsp3) is 0.118. The quantitative estimate of drug-likeness (QED) is 0.756. The summed E-state index contributed by atoms with van der Waals surface area (Å²) >= 11 is 0. The molecule has 3 aromatic rings. The van der Waals surface area contributed by atoms with Gasteiger partial charge in [-0.25, -0.2) is 17.2 Å². The maximum Gasteiger partial charge on any atom is 0.265 e. The molecule has 0 bridgehead atoms. The molecule has 0 saturated carbocycles. The molecule has 0 aliphatic rings. The van der Waals surface area contributed by atoms with Crippen LogP contribution in [-0.2, 0) is 16.6 Å². The van der Waals surface area contributed by atoms with E-state index < -0.39 is 27.3 Å². The first-order chi connectivity index (χ1) is 11.8. The summed E-state index contributed by atoms with van der Waals surface area (Å²) < 4.78 is 55.5. The Kier molecular flexibility index (Phi) is 4.54. The van der Waals surface area contributed by atoms with Crippen LogP contribution in [0.1, 0.15) is 11.3 Å². The van der Waals surface area contributed by atoms with Gasteiger partial charge in [-0.05, 0) is 24.6 Å². The number of hydrogen-bond donors (Lipinski definition) is 1. The Balaban J connectivity index is 1.89. The molecule has 0 spiro atoms. The average Bonchev–Trinajstić information content (AvgIpc) is 2.93. The molecule has 1 N–H and O–H groups in total. The van der Waals surface area contributed by atoms with Crippen LogP contribution < -0.4 is 4.72 Å². The maximum atomic E-state index is 13.7. The molecule has 25 heavy (non-hydrogen) atoms. The largest absolute Gasteiger partial charge is 0.276 e. The van der Waals surface area contributed by atoms with Crippen molar-refractivity contribution in [2.45, 2.75) is 18.4 Å². The van der Waals surface area contributed by atoms with Crippen LogP contribution in [-0.4, -0.2) is 18.2 Å². The Labute approximate surface area is 144 Å². The highest BCUT2D eigenvalue weighted by molar-refractivity contribution is 7.92. The Hall–Kier alpha value is -2.74. The number of benzene rings is 2. The van der Waals surface area contributed by atoms with Crippen molar-refractivity contribution in [2.24, 2.45) is 0 Å². The lowest BCUT2D eigenvalue weighted by molar-refractivity contribution is 0.594. The summed E-state index contributed by atoms with van der Waals surface area (Å²) in [5, 5.41) is 4.18. The van der Waals surface area contributed by atoms with Crippen molar-refractivity contribution in [3.8, 4) is 0 Å². The molecular formula is C17H15F2N3O2S. The second-order valence-corrected chi connectivity index (χ2v) is 7.14. The Bertz CT molecular complexity index is 1000. The lowest BCUT2D eigenvalue weighted by Gasteiger charge is -2.08. The van der Waals surface area contributed by atoms with E-state index in [2.05, 4.69) is 9.82 Å². The van der Waals surface area contributed by atoms with Crippen molar-refractivity contribution in [2.75, 3.05) is 4.72 Å². The van der Waals surface area contributed by atoms with Gasteiger partial charge in [0.1, 0.15) is 16.5 Å². The van der Waals surface area contributed by atoms with Gasteiger partial charge in [-0.15, -0.1) is 0 Å². The van der Waals surface area contributed by atoms with Crippen LogP contribution in [0.15, 0.2) is 59.6 Å². The molecule has 0 atom stereocenters. The number of halogens is 2. The molecule has 3 rings (SSSR count). The summed E-state index contributed by atoms with van der Waals surface area (Å²) in [5.41, 5.74) is 0.772. The normalized spacial score (nSPS) is 11.5. The third kappa shape index (κ3) is 3.85. The van der Waals surface area contributed by atoms with E-state index in [0.29, 0.717) is 6.54 Å². The summed E-state index contributed by atoms with van der Waals surface area (Å²) in [6, 6.07) is 12.0. The number of hydrogen-bond acceptors (Lipinski definition) is 3. The van der Waals surface area contributed by atoms with Crippen LogP contribution in [0.25, 0.3) is 0 Å². The van der Waals surface area contributed by atoms with Crippen molar-refractivity contribution in [1.29, 1.82) is 0 Å².